The summed E-state index contributed by atoms with van der Waals surface area (Å²) in [5.41, 5.74) is 4.25. The van der Waals surface area contributed by atoms with Crippen molar-refractivity contribution in [2.45, 2.75) is 39.7 Å². The van der Waals surface area contributed by atoms with Crippen molar-refractivity contribution in [3.8, 4) is 0 Å². The van der Waals surface area contributed by atoms with Gasteiger partial charge >= 0.3 is 6.09 Å². The highest BCUT2D eigenvalue weighted by molar-refractivity contribution is 7.16. The Morgan fingerprint density at radius 1 is 1.39 bits per heavy atom. The van der Waals surface area contributed by atoms with Crippen LogP contribution in [0, 0.1) is 5.92 Å². The predicted octanol–water partition coefficient (Wildman–Crippen LogP) is 4.91. The number of hydrogen-bond donors (Lipinski definition) is 0. The second-order valence-corrected chi connectivity index (χ2v) is 7.94. The van der Waals surface area contributed by atoms with Crippen molar-refractivity contribution >= 4 is 33.3 Å². The van der Waals surface area contributed by atoms with Crippen molar-refractivity contribution in [1.82, 2.24) is 9.88 Å². The van der Waals surface area contributed by atoms with E-state index in [9.17, 15) is 4.79 Å². The fraction of sp³-hybridized carbons (Fsp3) is 0.444. The van der Waals surface area contributed by atoms with Crippen molar-refractivity contribution in [2.75, 3.05) is 6.54 Å². The molecular weight excluding hydrogens is 308 g/mol. The third kappa shape index (κ3) is 3.55. The van der Waals surface area contributed by atoms with Crippen LogP contribution in [0.4, 0.5) is 4.79 Å². The summed E-state index contributed by atoms with van der Waals surface area (Å²) < 4.78 is 6.74. The Labute approximate surface area is 140 Å². The highest BCUT2D eigenvalue weighted by Gasteiger charge is 2.29. The molecule has 122 valence electrons. The first-order chi connectivity index (χ1) is 10.8. The smallest absolute Gasteiger partial charge is 0.414 e. The largest absolute Gasteiger partial charge is 0.443 e. The van der Waals surface area contributed by atoms with E-state index in [2.05, 4.69) is 30.1 Å². The summed E-state index contributed by atoms with van der Waals surface area (Å²) in [5, 5.41) is 0. The molecule has 23 heavy (non-hydrogen) atoms. The lowest BCUT2D eigenvalue weighted by Crippen LogP contribution is -2.39. The van der Waals surface area contributed by atoms with E-state index in [1.165, 1.54) is 0 Å². The first kappa shape index (κ1) is 16.0. The molecule has 0 fully saturated rings. The minimum atomic E-state index is -0.498. The van der Waals surface area contributed by atoms with Crippen LogP contribution in [-0.2, 0) is 4.74 Å². The number of nitrogens with zero attached hydrogens (tertiary/aromatic N) is 2. The summed E-state index contributed by atoms with van der Waals surface area (Å²) in [6.07, 6.45) is 2.81. The van der Waals surface area contributed by atoms with E-state index in [1.54, 1.807) is 16.2 Å². The Bertz CT molecular complexity index is 758. The molecule has 1 aromatic heterocycles. The van der Waals surface area contributed by atoms with Crippen LogP contribution in [0.25, 0.3) is 15.9 Å². The molecule has 2 aromatic rings. The molecule has 0 saturated heterocycles. The summed E-state index contributed by atoms with van der Waals surface area (Å²) in [7, 11) is 0. The van der Waals surface area contributed by atoms with E-state index in [1.807, 2.05) is 32.3 Å². The van der Waals surface area contributed by atoms with E-state index in [4.69, 9.17) is 4.74 Å². The number of fused-ring (bicyclic) bond motifs is 1. The highest BCUT2D eigenvalue weighted by atomic mass is 32.1. The Morgan fingerprint density at radius 2 is 2.17 bits per heavy atom. The third-order valence-corrected chi connectivity index (χ3v) is 4.55. The maximum atomic E-state index is 12.6. The van der Waals surface area contributed by atoms with Crippen LogP contribution in [0.2, 0.25) is 0 Å². The molecule has 0 spiro atoms. The van der Waals surface area contributed by atoms with Crippen LogP contribution in [0.1, 0.15) is 39.7 Å². The van der Waals surface area contributed by atoms with Crippen LogP contribution >= 0.6 is 11.3 Å². The SMILES string of the molecule is C[C@H]1CC=C(c2ccc3scnc3c2)N(C(=O)OC(C)(C)C)C1. The van der Waals surface area contributed by atoms with Crippen LogP contribution in [-0.4, -0.2) is 28.1 Å². The molecule has 1 atom stereocenters. The highest BCUT2D eigenvalue weighted by Crippen LogP contribution is 2.31. The molecule has 1 aliphatic heterocycles. The number of aromatic nitrogens is 1. The van der Waals surface area contributed by atoms with Gasteiger partial charge in [-0.05, 0) is 45.2 Å². The van der Waals surface area contributed by atoms with Crippen molar-refractivity contribution in [1.29, 1.82) is 0 Å². The van der Waals surface area contributed by atoms with Crippen LogP contribution in [0.15, 0.2) is 29.8 Å². The van der Waals surface area contributed by atoms with E-state index in [0.717, 1.165) is 27.9 Å². The average Bonchev–Trinajstić information content (AvgIpc) is 2.92. The zero-order chi connectivity index (χ0) is 16.6. The lowest BCUT2D eigenvalue weighted by atomic mass is 9.98. The first-order valence-corrected chi connectivity index (χ1v) is 8.76. The molecule has 3 rings (SSSR count). The van der Waals surface area contributed by atoms with E-state index < -0.39 is 5.60 Å². The zero-order valence-corrected chi connectivity index (χ0v) is 14.8. The molecule has 1 aliphatic rings. The molecule has 0 aliphatic carbocycles. The Hall–Kier alpha value is -1.88. The lowest BCUT2D eigenvalue weighted by molar-refractivity contribution is 0.0327. The van der Waals surface area contributed by atoms with Gasteiger partial charge in [0.25, 0.3) is 0 Å². The first-order valence-electron chi connectivity index (χ1n) is 7.88. The third-order valence-electron chi connectivity index (χ3n) is 3.74. The van der Waals surface area contributed by atoms with Gasteiger partial charge in [0.2, 0.25) is 0 Å². The second kappa shape index (κ2) is 5.96. The van der Waals surface area contributed by atoms with Crippen molar-refractivity contribution in [2.24, 2.45) is 5.92 Å². The number of benzene rings is 1. The zero-order valence-electron chi connectivity index (χ0n) is 14.0. The summed E-state index contributed by atoms with van der Waals surface area (Å²) in [6.45, 7) is 8.50. The van der Waals surface area contributed by atoms with E-state index >= 15 is 0 Å². The predicted molar refractivity (Wildman–Crippen MR) is 94.3 cm³/mol. The van der Waals surface area contributed by atoms with Crippen LogP contribution < -0.4 is 0 Å². The van der Waals surface area contributed by atoms with Gasteiger partial charge in [0.15, 0.2) is 0 Å². The molecule has 0 bridgehead atoms. The monoisotopic (exact) mass is 330 g/mol. The van der Waals surface area contributed by atoms with Gasteiger partial charge in [0.05, 0.1) is 21.4 Å². The minimum Gasteiger partial charge on any atom is -0.443 e. The standard InChI is InChI=1S/C18H22N2O2S/c1-12-5-7-15(20(10-12)17(21)22-18(2,3)4)13-6-8-16-14(9-13)19-11-23-16/h6-9,11-12H,5,10H2,1-4H3/t12-/m0/s1. The van der Waals surface area contributed by atoms with Crippen LogP contribution in [0.5, 0.6) is 0 Å². The number of carbonyl (C=O) groups is 1. The molecule has 4 nitrogen and oxygen atoms in total. The number of rotatable bonds is 1. The van der Waals surface area contributed by atoms with Crippen LogP contribution in [0.3, 0.4) is 0 Å². The lowest BCUT2D eigenvalue weighted by Gasteiger charge is -2.33. The molecule has 0 saturated carbocycles. The molecule has 0 unspecified atom stereocenters. The fourth-order valence-electron chi connectivity index (χ4n) is 2.69. The Kier molecular flexibility index (Phi) is 4.15. The summed E-state index contributed by atoms with van der Waals surface area (Å²) >= 11 is 1.62. The second-order valence-electron chi connectivity index (χ2n) is 7.06. The van der Waals surface area contributed by atoms with E-state index in [-0.39, 0.29) is 6.09 Å². The van der Waals surface area contributed by atoms with Gasteiger partial charge in [-0.25, -0.2) is 9.78 Å². The summed E-state index contributed by atoms with van der Waals surface area (Å²) in [5.74, 6) is 0.425. The molecule has 0 radical (unpaired) electrons. The molecular formula is C18H22N2O2S. The maximum absolute atomic E-state index is 12.6. The number of amides is 1. The fourth-order valence-corrected chi connectivity index (χ4v) is 3.35. The van der Waals surface area contributed by atoms with Gasteiger partial charge in [-0.3, -0.25) is 4.90 Å². The maximum Gasteiger partial charge on any atom is 0.414 e. The van der Waals surface area contributed by atoms with Crippen molar-refractivity contribution in [3.05, 3.63) is 35.3 Å². The van der Waals surface area contributed by atoms with Crippen molar-refractivity contribution in [3.63, 3.8) is 0 Å². The van der Waals surface area contributed by atoms with Gasteiger partial charge in [-0.15, -0.1) is 11.3 Å². The molecule has 2 heterocycles. The topological polar surface area (TPSA) is 42.4 Å². The van der Waals surface area contributed by atoms with Gasteiger partial charge in [-0.1, -0.05) is 19.1 Å². The van der Waals surface area contributed by atoms with E-state index in [0.29, 0.717) is 12.5 Å². The number of thiazole rings is 1. The van der Waals surface area contributed by atoms with Crippen molar-refractivity contribution < 1.29 is 9.53 Å². The van der Waals surface area contributed by atoms with Gasteiger partial charge in [0.1, 0.15) is 5.60 Å². The number of carbonyl (C=O) groups excluding carboxylic acids is 1. The average molecular weight is 330 g/mol. The minimum absolute atomic E-state index is 0.284. The molecule has 0 N–H and O–H groups in total. The number of hydrogen-bond acceptors (Lipinski definition) is 4. The quantitative estimate of drug-likeness (QED) is 0.746. The molecule has 1 aromatic carbocycles. The molecule has 5 heteroatoms. The summed E-state index contributed by atoms with van der Waals surface area (Å²) in [6, 6.07) is 6.17. The Balaban J connectivity index is 1.95. The van der Waals surface area contributed by atoms with Gasteiger partial charge < -0.3 is 4.74 Å². The number of allylic oxidation sites excluding steroid dienone is 1. The van der Waals surface area contributed by atoms with Gasteiger partial charge in [-0.2, -0.15) is 0 Å². The van der Waals surface area contributed by atoms with Gasteiger partial charge in [0, 0.05) is 12.1 Å². The molecule has 1 amide bonds. The summed E-state index contributed by atoms with van der Waals surface area (Å²) in [4.78, 5) is 18.7. The normalized spacial score (nSPS) is 18.9. The Morgan fingerprint density at radius 3 is 2.91 bits per heavy atom. The number of ether oxygens (including phenoxy) is 1.